The van der Waals surface area contributed by atoms with Crippen LogP contribution in [0.5, 0.6) is 0 Å². The van der Waals surface area contributed by atoms with Gasteiger partial charge in [-0.15, -0.1) is 0 Å². The van der Waals surface area contributed by atoms with Crippen LogP contribution in [0.1, 0.15) is 226 Å². The Morgan fingerprint density at radius 2 is 1.07 bits per heavy atom. The molecule has 1 rings (SSSR count). The molecule has 68 heavy (non-hydrogen) atoms. The Balaban J connectivity index is 2.76. The van der Waals surface area contributed by atoms with Gasteiger partial charge in [0, 0.05) is 6.42 Å². The van der Waals surface area contributed by atoms with Crippen molar-refractivity contribution in [2.45, 2.75) is 275 Å². The average Bonchev–Trinajstić information content (AvgIpc) is 3.33. The molecule has 1 aliphatic rings. The fraction of sp³-hybridized carbons (Fsp3) is 0.789. The highest BCUT2D eigenvalue weighted by Crippen LogP contribution is 2.26. The molecule has 1 saturated heterocycles. The third kappa shape index (κ3) is 33.8. The average molecular weight is 960 g/mol. The smallest absolute Gasteiger partial charge is 0.306 e. The van der Waals surface area contributed by atoms with E-state index in [1.165, 1.54) is 89.9 Å². The van der Waals surface area contributed by atoms with E-state index in [-0.39, 0.29) is 19.4 Å². The van der Waals surface area contributed by atoms with Gasteiger partial charge in [-0.3, -0.25) is 9.59 Å². The summed E-state index contributed by atoms with van der Waals surface area (Å²) in [6.45, 7) is 5.60. The van der Waals surface area contributed by atoms with Gasteiger partial charge in [-0.25, -0.2) is 0 Å². The van der Waals surface area contributed by atoms with Gasteiger partial charge in [0.15, 0.2) is 12.4 Å². The first kappa shape index (κ1) is 63.4. The Morgan fingerprint density at radius 3 is 1.62 bits per heavy atom. The number of hydrogen-bond donors (Lipinski definition) is 6. The van der Waals surface area contributed by atoms with Gasteiger partial charge in [0.25, 0.3) is 0 Å². The van der Waals surface area contributed by atoms with Crippen molar-refractivity contribution in [2.75, 3.05) is 13.2 Å². The predicted molar refractivity (Wildman–Crippen MR) is 278 cm³/mol. The topological polar surface area (TPSA) is 175 Å². The predicted octanol–water partition coefficient (Wildman–Crippen LogP) is 11.9. The molecule has 8 unspecified atom stereocenters. The summed E-state index contributed by atoms with van der Waals surface area (Å²) >= 11 is 0. The maximum Gasteiger partial charge on any atom is 0.306 e. The number of aliphatic hydroxyl groups excluding tert-OH is 5. The Bertz CT molecular complexity index is 1330. The summed E-state index contributed by atoms with van der Waals surface area (Å²) < 4.78 is 17.5. The zero-order valence-electron chi connectivity index (χ0n) is 43.2. The molecule has 0 aliphatic carbocycles. The maximum absolute atomic E-state index is 13.3. The molecule has 1 fully saturated rings. The van der Waals surface area contributed by atoms with Crippen LogP contribution in [-0.2, 0) is 23.8 Å². The van der Waals surface area contributed by atoms with Crippen molar-refractivity contribution in [3.8, 4) is 0 Å². The summed E-state index contributed by atoms with van der Waals surface area (Å²) in [6, 6.07) is -1.03. The van der Waals surface area contributed by atoms with E-state index in [4.69, 9.17) is 14.2 Å². The normalized spacial score (nSPS) is 20.4. The molecule has 1 aliphatic heterocycles. The highest BCUT2D eigenvalue weighted by molar-refractivity contribution is 5.80. The summed E-state index contributed by atoms with van der Waals surface area (Å²) in [5, 5.41) is 56.6. The van der Waals surface area contributed by atoms with Gasteiger partial charge >= 0.3 is 5.97 Å². The third-order valence-corrected chi connectivity index (χ3v) is 12.7. The van der Waals surface area contributed by atoms with Crippen molar-refractivity contribution in [1.82, 2.24) is 5.32 Å². The van der Waals surface area contributed by atoms with E-state index in [1.807, 2.05) is 12.2 Å². The highest BCUT2D eigenvalue weighted by Gasteiger charge is 2.47. The third-order valence-electron chi connectivity index (χ3n) is 12.7. The fourth-order valence-electron chi connectivity index (χ4n) is 8.29. The first-order chi connectivity index (χ1) is 33.2. The number of allylic oxidation sites excluding steroid dienone is 9. The van der Waals surface area contributed by atoms with E-state index < -0.39 is 67.4 Å². The van der Waals surface area contributed by atoms with Gasteiger partial charge in [-0.05, 0) is 70.6 Å². The van der Waals surface area contributed by atoms with Crippen LogP contribution in [0.4, 0.5) is 0 Å². The summed E-state index contributed by atoms with van der Waals surface area (Å²) in [4.78, 5) is 26.4. The summed E-state index contributed by atoms with van der Waals surface area (Å²) in [5.74, 6) is -1.23. The molecule has 0 spiro atoms. The van der Waals surface area contributed by atoms with E-state index in [0.717, 1.165) is 89.9 Å². The zero-order valence-corrected chi connectivity index (χ0v) is 43.2. The van der Waals surface area contributed by atoms with E-state index in [1.54, 1.807) is 6.08 Å². The number of esters is 1. The van der Waals surface area contributed by atoms with Crippen LogP contribution in [-0.4, -0.2) is 99.6 Å². The molecular weight excluding hydrogens is 859 g/mol. The maximum atomic E-state index is 13.3. The van der Waals surface area contributed by atoms with Crippen molar-refractivity contribution in [2.24, 2.45) is 0 Å². The number of unbranched alkanes of at least 4 members (excludes halogenated alkanes) is 25. The first-order valence-corrected chi connectivity index (χ1v) is 27.6. The number of carbonyl (C=O) groups is 2. The number of carbonyl (C=O) groups excluding carboxylic acids is 2. The summed E-state index contributed by atoms with van der Waals surface area (Å²) in [6.07, 6.45) is 44.1. The standard InChI is InChI=1S/C57H101NO10/c1-4-7-10-13-16-19-22-24-25-27-30-33-36-39-42-45-52(62)68-55-54(64)53(63)51(46-59)67-57(55)66-47-48(49(60)43-40-37-34-31-28-21-18-15-12-9-6-3)58-56(65)50(61)44-41-38-35-32-29-26-23-20-17-14-11-8-5-2/h7,10,13,16,19,22,29,32,40,43,48-51,53-55,57,59-61,63-64H,4-6,8-9,11-12,14-15,17-18,20-21,23-28,30-31,33-39,41-42,44-47H2,1-3H3,(H,58,65)/b10-7+,16-13+,22-19+,32-29-,43-40+. The molecule has 11 heteroatoms. The SMILES string of the molecule is CC/C=C/C=C/C=C/CCCCCCCCCC(=O)OC1C(OCC(NC(=O)C(O)CCCC/C=C\CCCCCCCCC)C(O)/C=C/CCCCCCCCCCC)OC(CO)C(O)C1O. The van der Waals surface area contributed by atoms with E-state index in [2.05, 4.69) is 68.6 Å². The summed E-state index contributed by atoms with van der Waals surface area (Å²) in [7, 11) is 0. The van der Waals surface area contributed by atoms with Crippen molar-refractivity contribution in [3.63, 3.8) is 0 Å². The minimum atomic E-state index is -1.62. The number of hydrogen-bond acceptors (Lipinski definition) is 10. The minimum Gasteiger partial charge on any atom is -0.454 e. The minimum absolute atomic E-state index is 0.107. The molecular formula is C57H101NO10. The molecule has 8 atom stereocenters. The molecule has 1 heterocycles. The molecule has 394 valence electrons. The molecule has 0 aromatic heterocycles. The molecule has 0 aromatic carbocycles. The molecule has 0 radical (unpaired) electrons. The molecule has 0 aromatic rings. The zero-order chi connectivity index (χ0) is 49.7. The van der Waals surface area contributed by atoms with Crippen molar-refractivity contribution < 1.29 is 49.3 Å². The first-order valence-electron chi connectivity index (χ1n) is 27.6. The van der Waals surface area contributed by atoms with Gasteiger partial charge in [-0.2, -0.15) is 0 Å². The van der Waals surface area contributed by atoms with Crippen LogP contribution >= 0.6 is 0 Å². The largest absolute Gasteiger partial charge is 0.454 e. The van der Waals surface area contributed by atoms with Crippen LogP contribution in [0, 0.1) is 0 Å². The number of aliphatic hydroxyl groups is 5. The molecule has 6 N–H and O–H groups in total. The van der Waals surface area contributed by atoms with E-state index in [0.29, 0.717) is 12.8 Å². The van der Waals surface area contributed by atoms with Crippen LogP contribution < -0.4 is 5.32 Å². The molecule has 0 saturated carbocycles. The fourth-order valence-corrected chi connectivity index (χ4v) is 8.29. The second-order valence-corrected chi connectivity index (χ2v) is 19.0. The lowest BCUT2D eigenvalue weighted by molar-refractivity contribution is -0.305. The number of nitrogens with one attached hydrogen (secondary N) is 1. The van der Waals surface area contributed by atoms with Gasteiger partial charge in [0.05, 0.1) is 25.4 Å². The van der Waals surface area contributed by atoms with Crippen LogP contribution in [0.3, 0.4) is 0 Å². The van der Waals surface area contributed by atoms with Crippen LogP contribution in [0.15, 0.2) is 60.8 Å². The number of amides is 1. The Labute approximate surface area is 414 Å². The van der Waals surface area contributed by atoms with Gasteiger partial charge in [-0.1, -0.05) is 210 Å². The molecule has 1 amide bonds. The highest BCUT2D eigenvalue weighted by atomic mass is 16.7. The molecule has 11 nitrogen and oxygen atoms in total. The molecule has 0 bridgehead atoms. The number of rotatable bonds is 45. The van der Waals surface area contributed by atoms with E-state index in [9.17, 15) is 35.1 Å². The summed E-state index contributed by atoms with van der Waals surface area (Å²) in [5.41, 5.74) is 0. The van der Waals surface area contributed by atoms with Crippen LogP contribution in [0.25, 0.3) is 0 Å². The quantitative estimate of drug-likeness (QED) is 0.0149. The Morgan fingerprint density at radius 1 is 0.588 bits per heavy atom. The van der Waals surface area contributed by atoms with E-state index >= 15 is 0 Å². The van der Waals surface area contributed by atoms with Crippen LogP contribution in [0.2, 0.25) is 0 Å². The lowest BCUT2D eigenvalue weighted by Crippen LogP contribution is -2.61. The van der Waals surface area contributed by atoms with Gasteiger partial charge < -0.3 is 45.1 Å². The Kier molecular flexibility index (Phi) is 42.4. The second kappa shape index (κ2) is 45.5. The lowest BCUT2D eigenvalue weighted by atomic mass is 9.99. The second-order valence-electron chi connectivity index (χ2n) is 19.0. The Hall–Kier alpha value is -2.64. The monoisotopic (exact) mass is 960 g/mol. The number of ether oxygens (including phenoxy) is 3. The van der Waals surface area contributed by atoms with Gasteiger partial charge in [0.2, 0.25) is 5.91 Å². The van der Waals surface area contributed by atoms with Crippen molar-refractivity contribution in [3.05, 3.63) is 60.8 Å². The van der Waals surface area contributed by atoms with Gasteiger partial charge in [0.1, 0.15) is 24.4 Å². The van der Waals surface area contributed by atoms with Crippen molar-refractivity contribution in [1.29, 1.82) is 0 Å². The van der Waals surface area contributed by atoms with Crippen molar-refractivity contribution >= 4 is 11.9 Å². The lowest BCUT2D eigenvalue weighted by Gasteiger charge is -2.41.